The third-order valence-electron chi connectivity index (χ3n) is 2.30. The van der Waals surface area contributed by atoms with Crippen LogP contribution in [0.25, 0.3) is 0 Å². The van der Waals surface area contributed by atoms with E-state index in [0.717, 1.165) is 19.4 Å². The molecule has 1 aliphatic heterocycles. The first kappa shape index (κ1) is 9.48. The van der Waals surface area contributed by atoms with Gasteiger partial charge < -0.3 is 10.2 Å². The Labute approximate surface area is 71.8 Å². The molecule has 1 saturated heterocycles. The molecular formula is C8H15NO3. The highest BCUT2D eigenvalue weighted by atomic mass is 16.4. The van der Waals surface area contributed by atoms with Gasteiger partial charge in [0.05, 0.1) is 13.0 Å². The highest BCUT2D eigenvalue weighted by molar-refractivity contribution is 5.67. The van der Waals surface area contributed by atoms with Crippen LogP contribution in [0.4, 0.5) is 0 Å². The largest absolute Gasteiger partial charge is 0.481 e. The van der Waals surface area contributed by atoms with Crippen LogP contribution in [0.3, 0.4) is 0 Å². The fraction of sp³-hybridized carbons (Fsp3) is 0.875. The molecule has 0 radical (unpaired) electrons. The SMILES string of the molecule is O=C(O)CC1CCCN1CCO. The number of aliphatic carboxylic acids is 1. The molecule has 2 N–H and O–H groups in total. The van der Waals surface area contributed by atoms with Crippen molar-refractivity contribution in [1.82, 2.24) is 4.90 Å². The van der Waals surface area contributed by atoms with Gasteiger partial charge in [0.2, 0.25) is 0 Å². The summed E-state index contributed by atoms with van der Waals surface area (Å²) in [5, 5.41) is 17.3. The lowest BCUT2D eigenvalue weighted by Crippen LogP contribution is -2.33. The summed E-state index contributed by atoms with van der Waals surface area (Å²) in [6, 6.07) is 0.148. The first-order valence-electron chi connectivity index (χ1n) is 4.30. The number of carbonyl (C=O) groups is 1. The van der Waals surface area contributed by atoms with Crippen molar-refractivity contribution in [3.8, 4) is 0 Å². The van der Waals surface area contributed by atoms with Gasteiger partial charge in [-0.05, 0) is 19.4 Å². The lowest BCUT2D eigenvalue weighted by atomic mass is 10.1. The summed E-state index contributed by atoms with van der Waals surface area (Å²) in [7, 11) is 0. The van der Waals surface area contributed by atoms with E-state index in [2.05, 4.69) is 0 Å². The molecule has 0 bridgehead atoms. The van der Waals surface area contributed by atoms with Gasteiger partial charge in [-0.3, -0.25) is 9.69 Å². The molecular weight excluding hydrogens is 158 g/mol. The van der Waals surface area contributed by atoms with Crippen LogP contribution >= 0.6 is 0 Å². The predicted octanol–water partition coefficient (Wildman–Crippen LogP) is -0.0822. The standard InChI is InChI=1S/C8H15NO3/c10-5-4-9-3-1-2-7(9)6-8(11)12/h7,10H,1-6H2,(H,11,12). The van der Waals surface area contributed by atoms with E-state index in [1.54, 1.807) is 0 Å². The van der Waals surface area contributed by atoms with Gasteiger partial charge in [-0.25, -0.2) is 0 Å². The highest BCUT2D eigenvalue weighted by Gasteiger charge is 2.25. The third-order valence-corrected chi connectivity index (χ3v) is 2.30. The summed E-state index contributed by atoms with van der Waals surface area (Å²) in [4.78, 5) is 12.5. The number of nitrogens with zero attached hydrogens (tertiary/aromatic N) is 1. The molecule has 4 heteroatoms. The Hall–Kier alpha value is -0.610. The molecule has 0 spiro atoms. The topological polar surface area (TPSA) is 60.8 Å². The van der Waals surface area contributed by atoms with E-state index >= 15 is 0 Å². The van der Waals surface area contributed by atoms with Gasteiger partial charge in [0.15, 0.2) is 0 Å². The van der Waals surface area contributed by atoms with Crippen molar-refractivity contribution in [2.24, 2.45) is 0 Å². The van der Waals surface area contributed by atoms with Gasteiger partial charge in [0, 0.05) is 12.6 Å². The van der Waals surface area contributed by atoms with Crippen molar-refractivity contribution < 1.29 is 15.0 Å². The minimum atomic E-state index is -0.746. The van der Waals surface area contributed by atoms with Crippen molar-refractivity contribution in [2.75, 3.05) is 19.7 Å². The number of β-amino-alcohol motifs (C(OH)–C–C–N with tert-alkyl or cyclic N) is 1. The number of carboxylic acids is 1. The van der Waals surface area contributed by atoms with Crippen LogP contribution < -0.4 is 0 Å². The maximum atomic E-state index is 10.4. The zero-order valence-corrected chi connectivity index (χ0v) is 7.07. The van der Waals surface area contributed by atoms with Gasteiger partial charge in [0.25, 0.3) is 0 Å². The number of aliphatic hydroxyl groups excluding tert-OH is 1. The number of hydrogen-bond donors (Lipinski definition) is 2. The average molecular weight is 173 g/mol. The van der Waals surface area contributed by atoms with E-state index in [1.165, 1.54) is 0 Å². The Kier molecular flexibility index (Phi) is 3.49. The van der Waals surface area contributed by atoms with E-state index in [4.69, 9.17) is 10.2 Å². The zero-order valence-electron chi connectivity index (χ0n) is 7.07. The molecule has 0 aromatic rings. The predicted molar refractivity (Wildman–Crippen MR) is 43.9 cm³/mol. The van der Waals surface area contributed by atoms with Crippen LogP contribution in [0, 0.1) is 0 Å². The fourth-order valence-corrected chi connectivity index (χ4v) is 1.75. The number of likely N-dealkylation sites (tertiary alicyclic amines) is 1. The molecule has 0 aromatic heterocycles. The number of hydrogen-bond acceptors (Lipinski definition) is 3. The normalized spacial score (nSPS) is 24.6. The molecule has 0 aliphatic carbocycles. The lowest BCUT2D eigenvalue weighted by Gasteiger charge is -2.21. The Balaban J connectivity index is 2.35. The molecule has 1 atom stereocenters. The Morgan fingerprint density at radius 2 is 2.33 bits per heavy atom. The number of rotatable bonds is 4. The summed E-state index contributed by atoms with van der Waals surface area (Å²) in [5.74, 6) is -0.746. The molecule has 0 aromatic carbocycles. The van der Waals surface area contributed by atoms with Gasteiger partial charge in [-0.1, -0.05) is 0 Å². The van der Waals surface area contributed by atoms with Crippen molar-refractivity contribution in [1.29, 1.82) is 0 Å². The van der Waals surface area contributed by atoms with E-state index in [1.807, 2.05) is 4.90 Å². The maximum Gasteiger partial charge on any atom is 0.304 e. The molecule has 1 heterocycles. The summed E-state index contributed by atoms with van der Waals surface area (Å²) < 4.78 is 0. The molecule has 0 saturated carbocycles. The molecule has 1 aliphatic rings. The summed E-state index contributed by atoms with van der Waals surface area (Å²) in [6.45, 7) is 1.66. The third kappa shape index (κ3) is 2.46. The number of aliphatic hydroxyl groups is 1. The van der Waals surface area contributed by atoms with Crippen LogP contribution in [0.1, 0.15) is 19.3 Å². The van der Waals surface area contributed by atoms with E-state index in [0.29, 0.717) is 6.54 Å². The van der Waals surface area contributed by atoms with Crippen molar-refractivity contribution in [3.05, 3.63) is 0 Å². The second-order valence-corrected chi connectivity index (χ2v) is 3.15. The van der Waals surface area contributed by atoms with E-state index in [9.17, 15) is 4.79 Å². The van der Waals surface area contributed by atoms with Crippen LogP contribution in [0.5, 0.6) is 0 Å². The smallest absolute Gasteiger partial charge is 0.304 e. The first-order valence-corrected chi connectivity index (χ1v) is 4.30. The quantitative estimate of drug-likeness (QED) is 0.624. The summed E-state index contributed by atoms with van der Waals surface area (Å²) in [6.07, 6.45) is 2.21. The molecule has 12 heavy (non-hydrogen) atoms. The minimum absolute atomic E-state index is 0.121. The lowest BCUT2D eigenvalue weighted by molar-refractivity contribution is -0.138. The number of carboxylic acid groups (broad SMARTS) is 1. The second-order valence-electron chi connectivity index (χ2n) is 3.15. The minimum Gasteiger partial charge on any atom is -0.481 e. The van der Waals surface area contributed by atoms with Gasteiger partial charge in [-0.2, -0.15) is 0 Å². The Morgan fingerprint density at radius 1 is 1.58 bits per heavy atom. The monoisotopic (exact) mass is 173 g/mol. The Bertz CT molecular complexity index is 160. The molecule has 4 nitrogen and oxygen atoms in total. The Morgan fingerprint density at radius 3 is 2.92 bits per heavy atom. The van der Waals surface area contributed by atoms with Gasteiger partial charge in [-0.15, -0.1) is 0 Å². The van der Waals surface area contributed by atoms with Gasteiger partial charge >= 0.3 is 5.97 Å². The second kappa shape index (κ2) is 4.42. The van der Waals surface area contributed by atoms with Crippen LogP contribution in [-0.4, -0.2) is 46.8 Å². The maximum absolute atomic E-state index is 10.4. The summed E-state index contributed by atoms with van der Waals surface area (Å²) >= 11 is 0. The van der Waals surface area contributed by atoms with E-state index in [-0.39, 0.29) is 19.1 Å². The molecule has 1 unspecified atom stereocenters. The summed E-state index contributed by atoms with van der Waals surface area (Å²) in [5.41, 5.74) is 0. The van der Waals surface area contributed by atoms with Crippen LogP contribution in [-0.2, 0) is 4.79 Å². The highest BCUT2D eigenvalue weighted by Crippen LogP contribution is 2.19. The first-order chi connectivity index (χ1) is 5.74. The van der Waals surface area contributed by atoms with Gasteiger partial charge in [0.1, 0.15) is 0 Å². The van der Waals surface area contributed by atoms with Crippen molar-refractivity contribution >= 4 is 5.97 Å². The van der Waals surface area contributed by atoms with Crippen molar-refractivity contribution in [3.63, 3.8) is 0 Å². The van der Waals surface area contributed by atoms with Crippen molar-refractivity contribution in [2.45, 2.75) is 25.3 Å². The average Bonchev–Trinajstić information content (AvgIpc) is 2.37. The molecule has 1 rings (SSSR count). The molecule has 1 fully saturated rings. The fourth-order valence-electron chi connectivity index (χ4n) is 1.75. The molecule has 0 amide bonds. The van der Waals surface area contributed by atoms with Crippen LogP contribution in [0.15, 0.2) is 0 Å². The van der Waals surface area contributed by atoms with E-state index < -0.39 is 5.97 Å². The zero-order chi connectivity index (χ0) is 8.97. The van der Waals surface area contributed by atoms with Crippen LogP contribution in [0.2, 0.25) is 0 Å². The molecule has 70 valence electrons.